The molecule has 0 bridgehead atoms. The molecule has 5 heteroatoms. The lowest BCUT2D eigenvalue weighted by atomic mass is 9.84. The molecule has 0 aliphatic carbocycles. The topological polar surface area (TPSA) is 64.6 Å². The van der Waals surface area contributed by atoms with E-state index in [4.69, 9.17) is 9.47 Å². The predicted octanol–water partition coefficient (Wildman–Crippen LogP) is 3.23. The minimum absolute atomic E-state index is 0.00135. The van der Waals surface area contributed by atoms with Gasteiger partial charge < -0.3 is 14.8 Å². The van der Waals surface area contributed by atoms with Crippen LogP contribution in [-0.4, -0.2) is 36.2 Å². The number of nitrogens with one attached hydrogen (secondary N) is 1. The highest BCUT2D eigenvalue weighted by Gasteiger charge is 2.33. The molecule has 1 aliphatic rings. The van der Waals surface area contributed by atoms with Gasteiger partial charge in [-0.05, 0) is 51.5 Å². The fourth-order valence-corrected chi connectivity index (χ4v) is 3.09. The normalized spacial score (nSPS) is 28.8. The van der Waals surface area contributed by atoms with Crippen LogP contribution in [0.2, 0.25) is 0 Å². The maximum absolute atomic E-state index is 12.1. The molecule has 1 amide bonds. The van der Waals surface area contributed by atoms with E-state index in [1.807, 2.05) is 6.92 Å². The smallest absolute Gasteiger partial charge is 0.303 e. The summed E-state index contributed by atoms with van der Waals surface area (Å²) in [6, 6.07) is 0.0135. The molecule has 0 aromatic heterocycles. The zero-order valence-corrected chi connectivity index (χ0v) is 15.9. The van der Waals surface area contributed by atoms with Gasteiger partial charge in [-0.15, -0.1) is 0 Å². The summed E-state index contributed by atoms with van der Waals surface area (Å²) >= 11 is 0. The Balaban J connectivity index is 2.53. The molecule has 0 radical (unpaired) electrons. The molecule has 1 heterocycles. The zero-order valence-electron chi connectivity index (χ0n) is 15.9. The lowest BCUT2D eigenvalue weighted by Crippen LogP contribution is -2.50. The molecule has 24 heavy (non-hydrogen) atoms. The van der Waals surface area contributed by atoms with E-state index in [9.17, 15) is 9.59 Å². The Bertz CT molecular complexity index is 447. The second-order valence-electron chi connectivity index (χ2n) is 7.30. The molecule has 5 nitrogen and oxygen atoms in total. The maximum Gasteiger partial charge on any atom is 0.303 e. The van der Waals surface area contributed by atoms with Crippen molar-refractivity contribution in [1.29, 1.82) is 0 Å². The number of carbonyl (C=O) groups excluding carboxylic acids is 2. The molecule has 0 aromatic carbocycles. The van der Waals surface area contributed by atoms with E-state index in [1.165, 1.54) is 19.4 Å². The predicted molar refractivity (Wildman–Crippen MR) is 94.5 cm³/mol. The number of hydrogen-bond acceptors (Lipinski definition) is 4. The SMILES string of the molecule is CC(=O)OC(C)C=CC(=O)NC1CC(CCC(C)C)C(C)OC1C. The van der Waals surface area contributed by atoms with E-state index < -0.39 is 6.10 Å². The highest BCUT2D eigenvalue weighted by molar-refractivity contribution is 5.87. The van der Waals surface area contributed by atoms with Crippen molar-refractivity contribution in [1.82, 2.24) is 5.32 Å². The van der Waals surface area contributed by atoms with Crippen molar-refractivity contribution in [2.45, 2.75) is 85.2 Å². The van der Waals surface area contributed by atoms with Gasteiger partial charge in [-0.3, -0.25) is 9.59 Å². The fraction of sp³-hybridized carbons (Fsp3) is 0.789. The largest absolute Gasteiger partial charge is 0.459 e. The van der Waals surface area contributed by atoms with Gasteiger partial charge in [0.2, 0.25) is 5.91 Å². The van der Waals surface area contributed by atoms with Crippen LogP contribution < -0.4 is 5.32 Å². The second kappa shape index (κ2) is 9.82. The molecule has 138 valence electrons. The Kier molecular flexibility index (Phi) is 8.46. The van der Waals surface area contributed by atoms with Crippen LogP contribution in [0.4, 0.5) is 0 Å². The standard InChI is InChI=1S/C19H33NO4/c1-12(2)7-9-17-11-18(15(5)24-14(17)4)20-19(22)10-8-13(3)23-16(6)21/h8,10,12-15,17-18H,7,9,11H2,1-6H3,(H,20,22). The highest BCUT2D eigenvalue weighted by Crippen LogP contribution is 2.29. The van der Waals surface area contributed by atoms with Crippen LogP contribution in [-0.2, 0) is 19.1 Å². The van der Waals surface area contributed by atoms with Gasteiger partial charge in [-0.25, -0.2) is 0 Å². The zero-order chi connectivity index (χ0) is 18.3. The van der Waals surface area contributed by atoms with Gasteiger partial charge in [0.05, 0.1) is 18.2 Å². The summed E-state index contributed by atoms with van der Waals surface area (Å²) < 4.78 is 11.0. The van der Waals surface area contributed by atoms with Crippen LogP contribution in [0.1, 0.15) is 60.8 Å². The molecule has 0 spiro atoms. The van der Waals surface area contributed by atoms with Crippen LogP contribution >= 0.6 is 0 Å². The van der Waals surface area contributed by atoms with Gasteiger partial charge in [0.1, 0.15) is 6.10 Å². The Labute approximate surface area is 146 Å². The monoisotopic (exact) mass is 339 g/mol. The number of amides is 1. The van der Waals surface area contributed by atoms with Crippen molar-refractivity contribution < 1.29 is 19.1 Å². The highest BCUT2D eigenvalue weighted by atomic mass is 16.5. The summed E-state index contributed by atoms with van der Waals surface area (Å²) in [7, 11) is 0. The molecular formula is C19H33NO4. The Morgan fingerprint density at radius 1 is 1.25 bits per heavy atom. The van der Waals surface area contributed by atoms with Gasteiger partial charge in [-0.2, -0.15) is 0 Å². The van der Waals surface area contributed by atoms with Crippen LogP contribution in [0.5, 0.6) is 0 Å². The third kappa shape index (κ3) is 7.47. The van der Waals surface area contributed by atoms with Crippen molar-refractivity contribution in [2.75, 3.05) is 0 Å². The van der Waals surface area contributed by atoms with Crippen molar-refractivity contribution in [3.63, 3.8) is 0 Å². The Morgan fingerprint density at radius 3 is 2.50 bits per heavy atom. The molecule has 1 aliphatic heterocycles. The van der Waals surface area contributed by atoms with Gasteiger partial charge in [-0.1, -0.05) is 20.3 Å². The van der Waals surface area contributed by atoms with Crippen LogP contribution in [0.15, 0.2) is 12.2 Å². The van der Waals surface area contributed by atoms with Crippen molar-refractivity contribution in [3.8, 4) is 0 Å². The molecule has 0 saturated carbocycles. The summed E-state index contributed by atoms with van der Waals surface area (Å²) in [5.41, 5.74) is 0. The summed E-state index contributed by atoms with van der Waals surface area (Å²) in [6.45, 7) is 11.7. The van der Waals surface area contributed by atoms with E-state index in [-0.39, 0.29) is 30.1 Å². The number of ether oxygens (including phenoxy) is 2. The molecule has 5 unspecified atom stereocenters. The molecule has 1 fully saturated rings. The lowest BCUT2D eigenvalue weighted by Gasteiger charge is -2.39. The van der Waals surface area contributed by atoms with Crippen molar-refractivity contribution >= 4 is 11.9 Å². The van der Waals surface area contributed by atoms with Gasteiger partial charge in [0, 0.05) is 13.0 Å². The molecule has 0 aromatic rings. The summed E-state index contributed by atoms with van der Waals surface area (Å²) in [6.07, 6.45) is 6.07. The summed E-state index contributed by atoms with van der Waals surface area (Å²) in [5.74, 6) is 0.614. The van der Waals surface area contributed by atoms with Crippen molar-refractivity contribution in [2.24, 2.45) is 11.8 Å². The van der Waals surface area contributed by atoms with E-state index in [2.05, 4.69) is 26.1 Å². The number of hydrogen-bond donors (Lipinski definition) is 1. The molecule has 1 N–H and O–H groups in total. The van der Waals surface area contributed by atoms with E-state index >= 15 is 0 Å². The third-order valence-electron chi connectivity index (χ3n) is 4.53. The lowest BCUT2D eigenvalue weighted by molar-refractivity contribution is -0.143. The average Bonchev–Trinajstić information content (AvgIpc) is 2.46. The van der Waals surface area contributed by atoms with Crippen LogP contribution in [0, 0.1) is 11.8 Å². The Hall–Kier alpha value is -1.36. The Morgan fingerprint density at radius 2 is 1.92 bits per heavy atom. The first-order valence-electron chi connectivity index (χ1n) is 9.00. The molecule has 5 atom stereocenters. The third-order valence-corrected chi connectivity index (χ3v) is 4.53. The minimum atomic E-state index is -0.410. The quantitative estimate of drug-likeness (QED) is 0.571. The van der Waals surface area contributed by atoms with E-state index in [0.717, 1.165) is 12.8 Å². The second-order valence-corrected chi connectivity index (χ2v) is 7.30. The van der Waals surface area contributed by atoms with Gasteiger partial charge in [0.15, 0.2) is 0 Å². The average molecular weight is 339 g/mol. The van der Waals surface area contributed by atoms with Crippen LogP contribution in [0.3, 0.4) is 0 Å². The minimum Gasteiger partial charge on any atom is -0.459 e. The summed E-state index contributed by atoms with van der Waals surface area (Å²) in [5, 5.41) is 3.02. The first kappa shape index (κ1) is 20.7. The first-order valence-corrected chi connectivity index (χ1v) is 9.00. The van der Waals surface area contributed by atoms with Gasteiger partial charge >= 0.3 is 5.97 Å². The van der Waals surface area contributed by atoms with Gasteiger partial charge in [0.25, 0.3) is 0 Å². The first-order chi connectivity index (χ1) is 11.2. The summed E-state index contributed by atoms with van der Waals surface area (Å²) in [4.78, 5) is 23.0. The van der Waals surface area contributed by atoms with E-state index in [0.29, 0.717) is 11.8 Å². The number of esters is 1. The number of carbonyl (C=O) groups is 2. The number of rotatable bonds is 7. The van der Waals surface area contributed by atoms with Crippen molar-refractivity contribution in [3.05, 3.63) is 12.2 Å². The van der Waals surface area contributed by atoms with E-state index in [1.54, 1.807) is 13.0 Å². The fourth-order valence-electron chi connectivity index (χ4n) is 3.09. The molecular weight excluding hydrogens is 306 g/mol. The molecule has 1 saturated heterocycles. The molecule has 1 rings (SSSR count). The van der Waals surface area contributed by atoms with Crippen LogP contribution in [0.25, 0.3) is 0 Å². The maximum atomic E-state index is 12.1.